The highest BCUT2D eigenvalue weighted by molar-refractivity contribution is 6.31. The van der Waals surface area contributed by atoms with Crippen molar-refractivity contribution in [3.05, 3.63) is 46.3 Å². The lowest BCUT2D eigenvalue weighted by molar-refractivity contribution is 0.495. The Hall–Kier alpha value is -1.50. The highest BCUT2D eigenvalue weighted by atomic mass is 35.5. The fourth-order valence-electron chi connectivity index (χ4n) is 2.16. The first kappa shape index (κ1) is 14.9. The molecule has 3 N–H and O–H groups in total. The van der Waals surface area contributed by atoms with Gasteiger partial charge in [0, 0.05) is 25.2 Å². The second-order valence-electron chi connectivity index (χ2n) is 4.51. The molecule has 0 saturated carbocycles. The Morgan fingerprint density at radius 1 is 1.55 bits per heavy atom. The second kappa shape index (κ2) is 6.30. The van der Waals surface area contributed by atoms with E-state index in [-0.39, 0.29) is 0 Å². The molecule has 0 amide bonds. The van der Waals surface area contributed by atoms with Crippen LogP contribution in [0.15, 0.2) is 18.5 Å². The molecular weight excluding hydrogens is 281 g/mol. The van der Waals surface area contributed by atoms with Crippen LogP contribution < -0.4 is 11.3 Å². The van der Waals surface area contributed by atoms with Gasteiger partial charge in [-0.1, -0.05) is 18.5 Å². The normalized spacial score (nSPS) is 12.7. The predicted molar refractivity (Wildman–Crippen MR) is 75.6 cm³/mol. The Morgan fingerprint density at radius 3 is 2.85 bits per heavy atom. The number of halogens is 2. The average Bonchev–Trinajstić information content (AvgIpc) is 2.72. The molecule has 1 atom stereocenters. The third kappa shape index (κ3) is 2.82. The number of nitrogens with one attached hydrogen (secondary N) is 1. The van der Waals surface area contributed by atoms with Gasteiger partial charge in [0.1, 0.15) is 5.82 Å². The molecule has 2 aromatic heterocycles. The molecule has 0 radical (unpaired) electrons. The minimum absolute atomic E-state index is 0.393. The maximum atomic E-state index is 13.8. The van der Waals surface area contributed by atoms with Crippen LogP contribution in [-0.2, 0) is 19.9 Å². The first-order chi connectivity index (χ1) is 9.58. The molecule has 2 aromatic rings. The molecule has 5 nitrogen and oxygen atoms in total. The van der Waals surface area contributed by atoms with E-state index in [0.717, 1.165) is 17.8 Å². The van der Waals surface area contributed by atoms with Crippen LogP contribution in [0.1, 0.15) is 29.9 Å². The molecule has 0 spiro atoms. The lowest BCUT2D eigenvalue weighted by atomic mass is 10.0. The van der Waals surface area contributed by atoms with Crippen molar-refractivity contribution in [1.82, 2.24) is 20.2 Å². The lowest BCUT2D eigenvalue weighted by Gasteiger charge is -2.17. The van der Waals surface area contributed by atoms with Crippen molar-refractivity contribution < 1.29 is 4.39 Å². The Bertz CT molecular complexity index is 598. The number of nitrogens with two attached hydrogens (primary N) is 1. The van der Waals surface area contributed by atoms with Gasteiger partial charge in [-0.2, -0.15) is 5.10 Å². The SMILES string of the molecule is CCc1nn(C)c(CC(NN)c2ccncc2F)c1Cl. The van der Waals surface area contributed by atoms with E-state index in [0.29, 0.717) is 17.0 Å². The maximum Gasteiger partial charge on any atom is 0.146 e. The first-order valence-corrected chi connectivity index (χ1v) is 6.72. The molecule has 0 saturated heterocycles. The molecule has 0 fully saturated rings. The van der Waals surface area contributed by atoms with Crippen LogP contribution in [0.5, 0.6) is 0 Å². The van der Waals surface area contributed by atoms with E-state index in [1.807, 2.05) is 14.0 Å². The van der Waals surface area contributed by atoms with Gasteiger partial charge < -0.3 is 0 Å². The summed E-state index contributed by atoms with van der Waals surface area (Å²) in [7, 11) is 1.82. The van der Waals surface area contributed by atoms with E-state index >= 15 is 0 Å². The van der Waals surface area contributed by atoms with Crippen LogP contribution in [0.3, 0.4) is 0 Å². The number of hydrogen-bond donors (Lipinski definition) is 2. The Kier molecular flexibility index (Phi) is 4.69. The van der Waals surface area contributed by atoms with Crippen LogP contribution >= 0.6 is 11.6 Å². The Balaban J connectivity index is 2.32. The number of hydrogen-bond acceptors (Lipinski definition) is 4. The molecule has 0 aliphatic carbocycles. The van der Waals surface area contributed by atoms with Crippen LogP contribution in [0.4, 0.5) is 4.39 Å². The van der Waals surface area contributed by atoms with E-state index in [1.54, 1.807) is 10.7 Å². The molecule has 2 rings (SSSR count). The average molecular weight is 298 g/mol. The van der Waals surface area contributed by atoms with Gasteiger partial charge in [0.05, 0.1) is 28.6 Å². The van der Waals surface area contributed by atoms with Crippen molar-refractivity contribution in [1.29, 1.82) is 0 Å². The highest BCUT2D eigenvalue weighted by Crippen LogP contribution is 2.26. The molecule has 1 unspecified atom stereocenters. The van der Waals surface area contributed by atoms with Crippen LogP contribution in [0.2, 0.25) is 5.02 Å². The van der Waals surface area contributed by atoms with Gasteiger partial charge in [0.25, 0.3) is 0 Å². The molecule has 108 valence electrons. The summed E-state index contributed by atoms with van der Waals surface area (Å²) in [5, 5.41) is 4.96. The minimum Gasteiger partial charge on any atom is -0.271 e. The lowest BCUT2D eigenvalue weighted by Crippen LogP contribution is -2.31. The summed E-state index contributed by atoms with van der Waals surface area (Å²) in [5.74, 6) is 5.15. The summed E-state index contributed by atoms with van der Waals surface area (Å²) in [6.45, 7) is 1.99. The van der Waals surface area contributed by atoms with Crippen LogP contribution in [0.25, 0.3) is 0 Å². The summed E-state index contributed by atoms with van der Waals surface area (Å²) >= 11 is 6.30. The van der Waals surface area contributed by atoms with Crippen LogP contribution in [0, 0.1) is 5.82 Å². The number of nitrogens with zero attached hydrogens (tertiary/aromatic N) is 3. The van der Waals surface area contributed by atoms with Gasteiger partial charge in [0.2, 0.25) is 0 Å². The van der Waals surface area contributed by atoms with Crippen molar-refractivity contribution in [3.8, 4) is 0 Å². The smallest absolute Gasteiger partial charge is 0.146 e. The van der Waals surface area contributed by atoms with E-state index in [4.69, 9.17) is 17.4 Å². The zero-order valence-electron chi connectivity index (χ0n) is 11.4. The quantitative estimate of drug-likeness (QED) is 0.653. The fourth-order valence-corrected chi connectivity index (χ4v) is 2.53. The monoisotopic (exact) mass is 297 g/mol. The molecule has 20 heavy (non-hydrogen) atoms. The fraction of sp³-hybridized carbons (Fsp3) is 0.385. The Labute approximate surface area is 121 Å². The highest BCUT2D eigenvalue weighted by Gasteiger charge is 2.20. The van der Waals surface area contributed by atoms with Gasteiger partial charge in [-0.3, -0.25) is 20.9 Å². The standard InChI is InChI=1S/C13H17ClFN5/c1-3-10-13(14)12(20(2)19-10)6-11(18-16)8-4-5-17-7-9(8)15/h4-5,7,11,18H,3,6,16H2,1-2H3. The molecule has 2 heterocycles. The third-order valence-corrected chi connectivity index (χ3v) is 3.72. The van der Waals surface area contributed by atoms with Crippen molar-refractivity contribution >= 4 is 11.6 Å². The Morgan fingerprint density at radius 2 is 2.30 bits per heavy atom. The molecule has 7 heteroatoms. The first-order valence-electron chi connectivity index (χ1n) is 6.34. The molecule has 0 aliphatic heterocycles. The van der Waals surface area contributed by atoms with E-state index < -0.39 is 11.9 Å². The van der Waals surface area contributed by atoms with Crippen molar-refractivity contribution in [3.63, 3.8) is 0 Å². The summed E-state index contributed by atoms with van der Waals surface area (Å²) in [5.41, 5.74) is 4.73. The largest absolute Gasteiger partial charge is 0.271 e. The molecule has 0 bridgehead atoms. The maximum absolute atomic E-state index is 13.8. The van der Waals surface area contributed by atoms with Gasteiger partial charge in [-0.25, -0.2) is 4.39 Å². The zero-order valence-corrected chi connectivity index (χ0v) is 12.2. The van der Waals surface area contributed by atoms with Gasteiger partial charge in [0.15, 0.2) is 0 Å². The molecule has 0 aliphatic rings. The number of aryl methyl sites for hydroxylation is 2. The molecule has 0 aromatic carbocycles. The van der Waals surface area contributed by atoms with Crippen LogP contribution in [-0.4, -0.2) is 14.8 Å². The van der Waals surface area contributed by atoms with Gasteiger partial charge in [-0.05, 0) is 12.5 Å². The summed E-state index contributed by atoms with van der Waals surface area (Å²) in [6.07, 6.45) is 3.89. The second-order valence-corrected chi connectivity index (χ2v) is 4.88. The number of pyridine rings is 1. The number of aromatic nitrogens is 3. The van der Waals surface area contributed by atoms with E-state index in [1.165, 1.54) is 12.4 Å². The van der Waals surface area contributed by atoms with Gasteiger partial charge >= 0.3 is 0 Å². The summed E-state index contributed by atoms with van der Waals surface area (Å²) < 4.78 is 15.5. The van der Waals surface area contributed by atoms with Gasteiger partial charge in [-0.15, -0.1) is 0 Å². The van der Waals surface area contributed by atoms with Crippen molar-refractivity contribution in [2.45, 2.75) is 25.8 Å². The summed E-state index contributed by atoms with van der Waals surface area (Å²) in [4.78, 5) is 3.73. The van der Waals surface area contributed by atoms with E-state index in [2.05, 4.69) is 15.5 Å². The van der Waals surface area contributed by atoms with Crippen molar-refractivity contribution in [2.75, 3.05) is 0 Å². The molecular formula is C13H17ClFN5. The minimum atomic E-state index is -0.399. The predicted octanol–water partition coefficient (Wildman–Crippen LogP) is 1.92. The zero-order chi connectivity index (χ0) is 14.7. The third-order valence-electron chi connectivity index (χ3n) is 3.28. The summed E-state index contributed by atoms with van der Waals surface area (Å²) in [6, 6.07) is 1.21. The van der Waals surface area contributed by atoms with E-state index in [9.17, 15) is 4.39 Å². The number of rotatable bonds is 5. The van der Waals surface area contributed by atoms with Crippen molar-refractivity contribution in [2.24, 2.45) is 12.9 Å². The number of hydrazine groups is 1. The topological polar surface area (TPSA) is 68.8 Å².